The molecule has 1 aliphatic heterocycles. The first-order chi connectivity index (χ1) is 10.8. The Bertz CT molecular complexity index is 636. The Hall–Kier alpha value is -1.56. The first-order valence-electron chi connectivity index (χ1n) is 7.50. The van der Waals surface area contributed by atoms with Crippen molar-refractivity contribution in [1.82, 2.24) is 10.6 Å². The van der Waals surface area contributed by atoms with Gasteiger partial charge >= 0.3 is 0 Å². The summed E-state index contributed by atoms with van der Waals surface area (Å²) in [6.07, 6.45) is 2.02. The van der Waals surface area contributed by atoms with E-state index in [9.17, 15) is 4.79 Å². The number of carbonyl (C=O) groups is 1. The lowest BCUT2D eigenvalue weighted by molar-refractivity contribution is -0.122. The van der Waals surface area contributed by atoms with E-state index in [0.29, 0.717) is 6.54 Å². The van der Waals surface area contributed by atoms with Gasteiger partial charge in [-0.2, -0.15) is 0 Å². The van der Waals surface area contributed by atoms with Crippen LogP contribution in [-0.4, -0.2) is 25.6 Å². The van der Waals surface area contributed by atoms with Gasteiger partial charge in [-0.1, -0.05) is 0 Å². The van der Waals surface area contributed by atoms with E-state index in [2.05, 4.69) is 34.9 Å². The molecule has 1 saturated heterocycles. The van der Waals surface area contributed by atoms with Crippen molar-refractivity contribution < 1.29 is 9.53 Å². The van der Waals surface area contributed by atoms with Gasteiger partial charge in [0.15, 0.2) is 0 Å². The predicted molar refractivity (Wildman–Crippen MR) is 96.4 cm³/mol. The highest BCUT2D eigenvalue weighted by Crippen LogP contribution is 2.29. The summed E-state index contributed by atoms with van der Waals surface area (Å²) >= 11 is 1.71. The van der Waals surface area contributed by atoms with Crippen molar-refractivity contribution >= 4 is 29.7 Å². The van der Waals surface area contributed by atoms with Gasteiger partial charge in [-0.25, -0.2) is 0 Å². The normalized spacial score (nSPS) is 16.7. The van der Waals surface area contributed by atoms with Gasteiger partial charge in [0.25, 0.3) is 0 Å². The molecule has 1 aromatic carbocycles. The number of methoxy groups -OCH3 is 1. The van der Waals surface area contributed by atoms with E-state index >= 15 is 0 Å². The highest BCUT2D eigenvalue weighted by molar-refractivity contribution is 7.15. The Labute approximate surface area is 146 Å². The molecular weight excluding hydrogens is 332 g/mol. The summed E-state index contributed by atoms with van der Waals surface area (Å²) in [5.74, 6) is 0.966. The van der Waals surface area contributed by atoms with Gasteiger partial charge in [-0.05, 0) is 61.3 Å². The van der Waals surface area contributed by atoms with E-state index in [1.807, 2.05) is 12.1 Å². The molecule has 3 rings (SSSR count). The molecular formula is C17H21ClN2O2S. The van der Waals surface area contributed by atoms with Crippen molar-refractivity contribution in [2.24, 2.45) is 0 Å². The molecule has 6 heteroatoms. The molecule has 2 N–H and O–H groups in total. The van der Waals surface area contributed by atoms with Crippen LogP contribution in [0.2, 0.25) is 0 Å². The van der Waals surface area contributed by atoms with Gasteiger partial charge in [0.1, 0.15) is 5.75 Å². The molecule has 23 heavy (non-hydrogen) atoms. The number of hydrogen-bond acceptors (Lipinski definition) is 4. The molecule has 124 valence electrons. The molecule has 0 spiro atoms. The Kier molecular flexibility index (Phi) is 6.45. The number of amides is 1. The second-order valence-corrected chi connectivity index (χ2v) is 6.53. The molecule has 1 amide bonds. The summed E-state index contributed by atoms with van der Waals surface area (Å²) in [6, 6.07) is 12.2. The van der Waals surface area contributed by atoms with Crippen LogP contribution in [0.3, 0.4) is 0 Å². The Morgan fingerprint density at radius 2 is 2.09 bits per heavy atom. The van der Waals surface area contributed by atoms with Crippen molar-refractivity contribution in [3.63, 3.8) is 0 Å². The molecule has 1 fully saturated rings. The van der Waals surface area contributed by atoms with Gasteiger partial charge in [0, 0.05) is 9.75 Å². The fourth-order valence-corrected chi connectivity index (χ4v) is 3.54. The number of rotatable bonds is 5. The Morgan fingerprint density at radius 3 is 2.74 bits per heavy atom. The SMILES string of the molecule is COc1ccc(-c2ccc(CNC(=O)C3CCCN3)s2)cc1.Cl. The molecule has 1 atom stereocenters. The van der Waals surface area contributed by atoms with Crippen molar-refractivity contribution in [2.75, 3.05) is 13.7 Å². The van der Waals surface area contributed by atoms with E-state index in [4.69, 9.17) is 4.74 Å². The molecule has 0 bridgehead atoms. The van der Waals surface area contributed by atoms with Crippen molar-refractivity contribution in [2.45, 2.75) is 25.4 Å². The van der Waals surface area contributed by atoms with E-state index < -0.39 is 0 Å². The number of thiophene rings is 1. The van der Waals surface area contributed by atoms with E-state index in [-0.39, 0.29) is 24.4 Å². The number of hydrogen-bond donors (Lipinski definition) is 2. The average Bonchev–Trinajstić information content (AvgIpc) is 3.24. The highest BCUT2D eigenvalue weighted by atomic mass is 35.5. The monoisotopic (exact) mass is 352 g/mol. The number of halogens is 1. The number of ether oxygens (including phenoxy) is 1. The molecule has 1 unspecified atom stereocenters. The Balaban J connectivity index is 0.00000192. The topological polar surface area (TPSA) is 50.4 Å². The van der Waals surface area contributed by atoms with Crippen molar-refractivity contribution in [1.29, 1.82) is 0 Å². The maximum atomic E-state index is 12.0. The minimum atomic E-state index is -0.0129. The highest BCUT2D eigenvalue weighted by Gasteiger charge is 2.21. The first kappa shape index (κ1) is 17.8. The molecule has 0 saturated carbocycles. The van der Waals surface area contributed by atoms with Crippen LogP contribution in [0.4, 0.5) is 0 Å². The quantitative estimate of drug-likeness (QED) is 0.868. The summed E-state index contributed by atoms with van der Waals surface area (Å²) in [7, 11) is 1.67. The van der Waals surface area contributed by atoms with Crippen molar-refractivity contribution in [3.05, 3.63) is 41.3 Å². The molecule has 2 aromatic rings. The summed E-state index contributed by atoms with van der Waals surface area (Å²) < 4.78 is 5.17. The summed E-state index contributed by atoms with van der Waals surface area (Å²) in [5, 5.41) is 6.23. The third kappa shape index (κ3) is 4.47. The lowest BCUT2D eigenvalue weighted by atomic mass is 10.2. The predicted octanol–water partition coefficient (Wildman–Crippen LogP) is 3.21. The summed E-state index contributed by atoms with van der Waals surface area (Å²) in [4.78, 5) is 14.3. The molecule has 2 heterocycles. The minimum Gasteiger partial charge on any atom is -0.497 e. The van der Waals surface area contributed by atoms with Crippen LogP contribution in [0.5, 0.6) is 5.75 Å². The van der Waals surface area contributed by atoms with Crippen LogP contribution in [-0.2, 0) is 11.3 Å². The second kappa shape index (κ2) is 8.34. The van der Waals surface area contributed by atoms with Crippen LogP contribution in [0.15, 0.2) is 36.4 Å². The summed E-state index contributed by atoms with van der Waals surface area (Å²) in [6.45, 7) is 1.54. The van der Waals surface area contributed by atoms with E-state index in [0.717, 1.165) is 30.0 Å². The zero-order valence-electron chi connectivity index (χ0n) is 13.0. The molecule has 1 aliphatic rings. The molecule has 1 aromatic heterocycles. The molecule has 0 aliphatic carbocycles. The van der Waals surface area contributed by atoms with Gasteiger partial charge in [0.05, 0.1) is 19.7 Å². The standard InChI is InChI=1S/C17H20N2O2S.ClH/c1-21-13-6-4-12(5-7-13)16-9-8-14(22-16)11-19-17(20)15-3-2-10-18-15;/h4-9,15,18H,2-3,10-11H2,1H3,(H,19,20);1H. The Morgan fingerprint density at radius 1 is 1.30 bits per heavy atom. The van der Waals surface area contributed by atoms with Gasteiger partial charge in [-0.15, -0.1) is 23.7 Å². The fourth-order valence-electron chi connectivity index (χ4n) is 2.59. The van der Waals surface area contributed by atoms with E-state index in [1.54, 1.807) is 18.4 Å². The fraction of sp³-hybridized carbons (Fsp3) is 0.353. The number of benzene rings is 1. The maximum absolute atomic E-state index is 12.0. The van der Waals surface area contributed by atoms with Gasteiger partial charge in [0.2, 0.25) is 5.91 Å². The van der Waals surface area contributed by atoms with Crippen LogP contribution in [0.1, 0.15) is 17.7 Å². The van der Waals surface area contributed by atoms with E-state index in [1.165, 1.54) is 10.4 Å². The van der Waals surface area contributed by atoms with Crippen LogP contribution >= 0.6 is 23.7 Å². The second-order valence-electron chi connectivity index (χ2n) is 5.36. The van der Waals surface area contributed by atoms with Gasteiger partial charge < -0.3 is 15.4 Å². The van der Waals surface area contributed by atoms with Crippen LogP contribution in [0, 0.1) is 0 Å². The largest absolute Gasteiger partial charge is 0.497 e. The third-order valence-electron chi connectivity index (χ3n) is 3.85. The lowest BCUT2D eigenvalue weighted by Crippen LogP contribution is -2.39. The van der Waals surface area contributed by atoms with Crippen molar-refractivity contribution in [3.8, 4) is 16.2 Å². The summed E-state index contributed by atoms with van der Waals surface area (Å²) in [5.41, 5.74) is 1.17. The molecule has 0 radical (unpaired) electrons. The van der Waals surface area contributed by atoms with Gasteiger partial charge in [-0.3, -0.25) is 4.79 Å². The maximum Gasteiger partial charge on any atom is 0.237 e. The smallest absolute Gasteiger partial charge is 0.237 e. The first-order valence-corrected chi connectivity index (χ1v) is 8.32. The zero-order valence-corrected chi connectivity index (χ0v) is 14.6. The van der Waals surface area contributed by atoms with Crippen LogP contribution < -0.4 is 15.4 Å². The minimum absolute atomic E-state index is 0. The lowest BCUT2D eigenvalue weighted by Gasteiger charge is -2.09. The third-order valence-corrected chi connectivity index (χ3v) is 4.98. The van der Waals surface area contributed by atoms with Crippen LogP contribution in [0.25, 0.3) is 10.4 Å². The molecule has 4 nitrogen and oxygen atoms in total. The average molecular weight is 353 g/mol. The zero-order chi connectivity index (χ0) is 15.4. The number of carbonyl (C=O) groups excluding carboxylic acids is 1. The number of nitrogens with one attached hydrogen (secondary N) is 2.